The highest BCUT2D eigenvalue weighted by Crippen LogP contribution is 2.30. The number of amides is 1. The van der Waals surface area contributed by atoms with Gasteiger partial charge in [-0.1, -0.05) is 30.3 Å². The molecule has 32 heavy (non-hydrogen) atoms. The summed E-state index contributed by atoms with van der Waals surface area (Å²) in [5, 5.41) is 0. The van der Waals surface area contributed by atoms with Gasteiger partial charge >= 0.3 is 5.97 Å². The molecule has 0 heterocycles. The van der Waals surface area contributed by atoms with Crippen molar-refractivity contribution in [2.75, 3.05) is 27.9 Å². The molecule has 1 amide bonds. The van der Waals surface area contributed by atoms with Gasteiger partial charge in [0.15, 0.2) is 0 Å². The van der Waals surface area contributed by atoms with E-state index in [1.165, 1.54) is 12.7 Å². The summed E-state index contributed by atoms with van der Waals surface area (Å²) in [6, 6.07) is 13.8. The Morgan fingerprint density at radius 3 is 2.16 bits per heavy atom. The Labute approximate surface area is 191 Å². The van der Waals surface area contributed by atoms with Gasteiger partial charge in [-0.2, -0.15) is 0 Å². The molecule has 2 aromatic carbocycles. The van der Waals surface area contributed by atoms with E-state index in [-0.39, 0.29) is 17.9 Å². The number of hydrogen-bond acceptors (Lipinski definition) is 5. The molecule has 0 saturated heterocycles. The maximum atomic E-state index is 13.6. The van der Waals surface area contributed by atoms with Gasteiger partial charge in [0, 0.05) is 30.1 Å². The van der Waals surface area contributed by atoms with Crippen molar-refractivity contribution in [3.05, 3.63) is 59.2 Å². The van der Waals surface area contributed by atoms with E-state index in [9.17, 15) is 9.59 Å². The van der Waals surface area contributed by atoms with Crippen LogP contribution in [0.2, 0.25) is 0 Å². The van der Waals surface area contributed by atoms with Crippen molar-refractivity contribution in [1.29, 1.82) is 0 Å². The van der Waals surface area contributed by atoms with E-state index in [1.807, 2.05) is 30.0 Å². The Kier molecular flexibility index (Phi) is 10.1. The molecule has 0 aliphatic carbocycles. The zero-order valence-corrected chi connectivity index (χ0v) is 19.8. The molecular formula is C26H35NO5. The highest BCUT2D eigenvalue weighted by molar-refractivity contribution is 5.95. The monoisotopic (exact) mass is 441 g/mol. The van der Waals surface area contributed by atoms with Gasteiger partial charge in [-0.25, -0.2) is 0 Å². The Morgan fingerprint density at radius 1 is 0.969 bits per heavy atom. The minimum atomic E-state index is -0.229. The number of carbonyl (C=O) groups excluding carboxylic acids is 2. The molecule has 0 unspecified atom stereocenters. The topological polar surface area (TPSA) is 65.1 Å². The molecule has 0 aromatic heterocycles. The predicted octanol–water partition coefficient (Wildman–Crippen LogP) is 4.82. The Balaban J connectivity index is 2.19. The summed E-state index contributed by atoms with van der Waals surface area (Å²) in [6.07, 6.45) is 3.46. The van der Waals surface area contributed by atoms with Gasteiger partial charge in [0.25, 0.3) is 5.91 Å². The molecule has 0 aliphatic heterocycles. The Bertz CT molecular complexity index is 856. The van der Waals surface area contributed by atoms with Crippen LogP contribution in [0.3, 0.4) is 0 Å². The summed E-state index contributed by atoms with van der Waals surface area (Å²) in [7, 11) is 4.56. The van der Waals surface area contributed by atoms with Gasteiger partial charge in [-0.15, -0.1) is 0 Å². The lowest BCUT2D eigenvalue weighted by atomic mass is 10.0. The molecule has 6 heteroatoms. The lowest BCUT2D eigenvalue weighted by molar-refractivity contribution is -0.140. The van der Waals surface area contributed by atoms with Crippen LogP contribution in [0.25, 0.3) is 0 Å². The molecule has 0 saturated carbocycles. The minimum absolute atomic E-state index is 0.0270. The van der Waals surface area contributed by atoms with E-state index in [0.29, 0.717) is 36.4 Å². The summed E-state index contributed by atoms with van der Waals surface area (Å²) in [4.78, 5) is 26.9. The van der Waals surface area contributed by atoms with E-state index >= 15 is 0 Å². The van der Waals surface area contributed by atoms with Crippen LogP contribution in [-0.4, -0.2) is 50.7 Å². The molecule has 0 bridgehead atoms. The van der Waals surface area contributed by atoms with Gasteiger partial charge in [0.05, 0.1) is 21.3 Å². The minimum Gasteiger partial charge on any atom is -0.496 e. The van der Waals surface area contributed by atoms with E-state index in [2.05, 4.69) is 19.1 Å². The number of carbonyl (C=O) groups is 2. The largest absolute Gasteiger partial charge is 0.496 e. The Hall–Kier alpha value is -3.02. The third kappa shape index (κ3) is 7.01. The molecule has 0 N–H and O–H groups in total. The maximum absolute atomic E-state index is 13.6. The molecule has 0 fully saturated rings. The van der Waals surface area contributed by atoms with E-state index in [1.54, 1.807) is 26.4 Å². The first-order valence-corrected chi connectivity index (χ1v) is 11.1. The molecule has 2 rings (SSSR count). The number of ether oxygens (including phenoxy) is 3. The van der Waals surface area contributed by atoms with E-state index < -0.39 is 0 Å². The van der Waals surface area contributed by atoms with Crippen molar-refractivity contribution < 1.29 is 23.8 Å². The van der Waals surface area contributed by atoms with E-state index in [0.717, 1.165) is 24.8 Å². The normalized spacial score (nSPS) is 11.5. The average Bonchev–Trinajstić information content (AvgIpc) is 2.82. The van der Waals surface area contributed by atoms with Gasteiger partial charge in [-0.3, -0.25) is 9.59 Å². The summed E-state index contributed by atoms with van der Waals surface area (Å²) in [5.41, 5.74) is 2.63. The van der Waals surface area contributed by atoms with Crippen molar-refractivity contribution in [3.63, 3.8) is 0 Å². The molecule has 1 atom stereocenters. The third-order valence-corrected chi connectivity index (χ3v) is 5.74. The number of hydrogen-bond donors (Lipinski definition) is 0. The van der Waals surface area contributed by atoms with Crippen LogP contribution >= 0.6 is 0 Å². The van der Waals surface area contributed by atoms with Crippen molar-refractivity contribution in [2.45, 2.75) is 52.0 Å². The molecule has 0 radical (unpaired) electrons. The molecule has 174 valence electrons. The fraction of sp³-hybridized carbons (Fsp3) is 0.462. The van der Waals surface area contributed by atoms with Crippen LogP contribution in [-0.2, 0) is 16.0 Å². The Morgan fingerprint density at radius 2 is 1.59 bits per heavy atom. The van der Waals surface area contributed by atoms with Crippen molar-refractivity contribution in [2.24, 2.45) is 0 Å². The number of benzene rings is 2. The van der Waals surface area contributed by atoms with Crippen LogP contribution in [0.4, 0.5) is 0 Å². The van der Waals surface area contributed by atoms with Gasteiger partial charge in [0.2, 0.25) is 0 Å². The maximum Gasteiger partial charge on any atom is 0.305 e. The van der Waals surface area contributed by atoms with Crippen LogP contribution in [0.1, 0.15) is 54.1 Å². The fourth-order valence-electron chi connectivity index (χ4n) is 3.73. The van der Waals surface area contributed by atoms with Crippen molar-refractivity contribution >= 4 is 11.9 Å². The number of esters is 1. The van der Waals surface area contributed by atoms with Crippen LogP contribution in [0.15, 0.2) is 42.5 Å². The second kappa shape index (κ2) is 12.7. The molecule has 0 aliphatic rings. The second-order valence-corrected chi connectivity index (χ2v) is 7.91. The smallest absolute Gasteiger partial charge is 0.305 e. The first-order chi connectivity index (χ1) is 15.4. The van der Waals surface area contributed by atoms with Gasteiger partial charge in [0.1, 0.15) is 11.5 Å². The first kappa shape index (κ1) is 25.2. The highest BCUT2D eigenvalue weighted by Gasteiger charge is 2.23. The average molecular weight is 442 g/mol. The third-order valence-electron chi connectivity index (χ3n) is 5.74. The van der Waals surface area contributed by atoms with Gasteiger partial charge < -0.3 is 19.1 Å². The molecule has 2 aromatic rings. The zero-order chi connectivity index (χ0) is 23.5. The lowest BCUT2D eigenvalue weighted by Crippen LogP contribution is -2.39. The number of aryl methyl sites for hydroxylation is 1. The predicted molar refractivity (Wildman–Crippen MR) is 125 cm³/mol. The molecule has 0 spiro atoms. The van der Waals surface area contributed by atoms with Crippen molar-refractivity contribution in [1.82, 2.24) is 4.90 Å². The van der Waals surface area contributed by atoms with Crippen LogP contribution < -0.4 is 9.47 Å². The van der Waals surface area contributed by atoms with Crippen LogP contribution in [0, 0.1) is 6.92 Å². The number of nitrogens with zero attached hydrogens (tertiary/aromatic N) is 1. The molecule has 6 nitrogen and oxygen atoms in total. The second-order valence-electron chi connectivity index (χ2n) is 7.91. The zero-order valence-electron chi connectivity index (χ0n) is 19.8. The SMILES string of the molecule is COC(=O)CCCCN(C(=O)c1cc(OC)c(C)c(OC)c1)[C@H](C)CCc1ccccc1. The summed E-state index contributed by atoms with van der Waals surface area (Å²) in [5.74, 6) is 0.943. The quantitative estimate of drug-likeness (QED) is 0.349. The standard InChI is InChI=1S/C26H35NO5/c1-19(14-15-21-11-7-6-8-12-21)27(16-10-9-13-25(28)32-5)26(29)22-17-23(30-3)20(2)24(18-22)31-4/h6-8,11-12,17-19H,9-10,13-16H2,1-5H3/t19-/m1/s1. The highest BCUT2D eigenvalue weighted by atomic mass is 16.5. The summed E-state index contributed by atoms with van der Waals surface area (Å²) in [6.45, 7) is 4.53. The molecular weight excluding hydrogens is 406 g/mol. The van der Waals surface area contributed by atoms with Crippen LogP contribution in [0.5, 0.6) is 11.5 Å². The fourth-order valence-corrected chi connectivity index (χ4v) is 3.73. The summed E-state index contributed by atoms with van der Waals surface area (Å²) >= 11 is 0. The first-order valence-electron chi connectivity index (χ1n) is 11.1. The number of rotatable bonds is 12. The number of unbranched alkanes of at least 4 members (excludes halogenated alkanes) is 1. The van der Waals surface area contributed by atoms with Crippen molar-refractivity contribution in [3.8, 4) is 11.5 Å². The summed E-state index contributed by atoms with van der Waals surface area (Å²) < 4.78 is 15.6. The van der Waals surface area contributed by atoms with Gasteiger partial charge in [-0.05, 0) is 57.2 Å². The van der Waals surface area contributed by atoms with E-state index in [4.69, 9.17) is 14.2 Å². The number of methoxy groups -OCH3 is 3. The lowest BCUT2D eigenvalue weighted by Gasteiger charge is -2.30.